The molecule has 1 aliphatic heterocycles. The minimum absolute atomic E-state index is 0.104. The maximum Gasteiger partial charge on any atom is 0.163 e. The van der Waals surface area contributed by atoms with Crippen LogP contribution in [0.3, 0.4) is 0 Å². The van der Waals surface area contributed by atoms with Crippen LogP contribution in [0.4, 0.5) is 0 Å². The van der Waals surface area contributed by atoms with Gasteiger partial charge in [-0.3, -0.25) is 4.79 Å². The van der Waals surface area contributed by atoms with E-state index in [-0.39, 0.29) is 23.7 Å². The summed E-state index contributed by atoms with van der Waals surface area (Å²) in [6.45, 7) is 4.88. The lowest BCUT2D eigenvalue weighted by molar-refractivity contribution is 0.0397. The highest BCUT2D eigenvalue weighted by Gasteiger charge is 2.37. The summed E-state index contributed by atoms with van der Waals surface area (Å²) in [6, 6.07) is 2.95. The maximum absolute atomic E-state index is 11.4. The predicted molar refractivity (Wildman–Crippen MR) is 68.5 cm³/mol. The summed E-state index contributed by atoms with van der Waals surface area (Å²) in [5.41, 5.74) is 1.32. The minimum atomic E-state index is -0.522. The zero-order valence-corrected chi connectivity index (χ0v) is 10.8. The molecule has 5 nitrogen and oxygen atoms in total. The number of carbonyl (C=O) groups is 1. The number of phenolic OH excluding ortho intramolecular Hbond substituents is 1. The number of phenols is 1. The van der Waals surface area contributed by atoms with Crippen LogP contribution in [-0.4, -0.2) is 35.8 Å². The second-order valence-electron chi connectivity index (χ2n) is 4.47. The SMILES string of the molecule is C=C(CO)[C@@H]1Oc2cc(C(C)=O)c(O)cc2[C@H]1OC. The van der Waals surface area contributed by atoms with E-state index < -0.39 is 12.2 Å². The number of hydrogen-bond donors (Lipinski definition) is 2. The molecule has 102 valence electrons. The average Bonchev–Trinajstić information content (AvgIpc) is 2.73. The number of ketones is 1. The van der Waals surface area contributed by atoms with Gasteiger partial charge in [0.15, 0.2) is 11.9 Å². The lowest BCUT2D eigenvalue weighted by atomic mass is 9.99. The van der Waals surface area contributed by atoms with Gasteiger partial charge in [-0.1, -0.05) is 6.58 Å². The van der Waals surface area contributed by atoms with Gasteiger partial charge in [-0.05, 0) is 24.6 Å². The van der Waals surface area contributed by atoms with Crippen LogP contribution in [0.25, 0.3) is 0 Å². The monoisotopic (exact) mass is 264 g/mol. The highest BCUT2D eigenvalue weighted by Crippen LogP contribution is 2.43. The van der Waals surface area contributed by atoms with Crippen molar-refractivity contribution >= 4 is 5.78 Å². The fraction of sp³-hybridized carbons (Fsp3) is 0.357. The fourth-order valence-electron chi connectivity index (χ4n) is 2.19. The van der Waals surface area contributed by atoms with E-state index in [2.05, 4.69) is 6.58 Å². The van der Waals surface area contributed by atoms with Crippen molar-refractivity contribution in [2.45, 2.75) is 19.1 Å². The predicted octanol–water partition coefficient (Wildman–Crippen LogP) is 1.59. The third-order valence-corrected chi connectivity index (χ3v) is 3.20. The molecule has 1 aromatic rings. The van der Waals surface area contributed by atoms with Crippen LogP contribution >= 0.6 is 0 Å². The van der Waals surface area contributed by atoms with E-state index in [9.17, 15) is 9.90 Å². The van der Waals surface area contributed by atoms with Crippen molar-refractivity contribution in [1.82, 2.24) is 0 Å². The molecule has 0 aliphatic carbocycles. The standard InChI is InChI=1S/C14H16O5/c1-7(6-15)13-14(18-3)10-4-11(17)9(8(2)16)5-12(10)19-13/h4-5,13-15,17H,1,6H2,2-3H3/t13-,14+/m0/s1. The van der Waals surface area contributed by atoms with Crippen molar-refractivity contribution in [3.05, 3.63) is 35.4 Å². The van der Waals surface area contributed by atoms with Gasteiger partial charge in [-0.2, -0.15) is 0 Å². The zero-order chi connectivity index (χ0) is 14.2. The minimum Gasteiger partial charge on any atom is -0.507 e. The molecule has 0 unspecified atom stereocenters. The number of carbonyl (C=O) groups excluding carboxylic acids is 1. The third kappa shape index (κ3) is 2.22. The molecule has 2 rings (SSSR count). The Morgan fingerprint density at radius 3 is 2.74 bits per heavy atom. The number of fused-ring (bicyclic) bond motifs is 1. The Morgan fingerprint density at radius 2 is 2.21 bits per heavy atom. The molecular weight excluding hydrogens is 248 g/mol. The van der Waals surface area contributed by atoms with Crippen molar-refractivity contribution in [1.29, 1.82) is 0 Å². The average molecular weight is 264 g/mol. The van der Waals surface area contributed by atoms with Gasteiger partial charge in [0.05, 0.1) is 12.2 Å². The number of aliphatic hydroxyl groups excluding tert-OH is 1. The van der Waals surface area contributed by atoms with Crippen LogP contribution in [0.2, 0.25) is 0 Å². The summed E-state index contributed by atoms with van der Waals surface area (Å²) in [5.74, 6) is 0.115. The topological polar surface area (TPSA) is 76.0 Å². The first-order chi connectivity index (χ1) is 8.99. The lowest BCUT2D eigenvalue weighted by Crippen LogP contribution is -2.23. The molecule has 0 saturated heterocycles. The first-order valence-electron chi connectivity index (χ1n) is 5.85. The molecule has 0 bridgehead atoms. The number of rotatable bonds is 4. The first kappa shape index (κ1) is 13.6. The molecule has 19 heavy (non-hydrogen) atoms. The van der Waals surface area contributed by atoms with E-state index in [0.717, 1.165) is 0 Å². The Kier molecular flexibility index (Phi) is 3.59. The molecule has 5 heteroatoms. The number of Topliss-reactive ketones (excluding diaryl/α,β-unsaturated/α-hetero) is 1. The molecule has 1 aliphatic rings. The number of benzene rings is 1. The largest absolute Gasteiger partial charge is 0.507 e. The molecule has 0 aromatic heterocycles. The molecule has 0 saturated carbocycles. The van der Waals surface area contributed by atoms with E-state index in [4.69, 9.17) is 14.6 Å². The number of hydrogen-bond acceptors (Lipinski definition) is 5. The van der Waals surface area contributed by atoms with Gasteiger partial charge in [0.2, 0.25) is 0 Å². The van der Waals surface area contributed by atoms with Crippen molar-refractivity contribution in [2.24, 2.45) is 0 Å². The summed E-state index contributed by atoms with van der Waals surface area (Å²) in [6.07, 6.45) is -0.979. The van der Waals surface area contributed by atoms with Gasteiger partial charge < -0.3 is 19.7 Å². The molecule has 0 spiro atoms. The van der Waals surface area contributed by atoms with Crippen LogP contribution < -0.4 is 4.74 Å². The number of methoxy groups -OCH3 is 1. The summed E-state index contributed by atoms with van der Waals surface area (Å²) in [5, 5.41) is 19.0. The second kappa shape index (κ2) is 5.03. The van der Waals surface area contributed by atoms with Crippen LogP contribution in [-0.2, 0) is 4.74 Å². The Labute approximate surface area is 111 Å². The number of aromatic hydroxyl groups is 1. The van der Waals surface area contributed by atoms with Gasteiger partial charge in [0, 0.05) is 12.7 Å². The van der Waals surface area contributed by atoms with Gasteiger partial charge in [-0.25, -0.2) is 0 Å². The Balaban J connectivity index is 2.46. The molecule has 1 aromatic carbocycles. The van der Waals surface area contributed by atoms with Crippen molar-refractivity contribution in [3.8, 4) is 11.5 Å². The van der Waals surface area contributed by atoms with E-state index >= 15 is 0 Å². The zero-order valence-electron chi connectivity index (χ0n) is 10.8. The van der Waals surface area contributed by atoms with Gasteiger partial charge >= 0.3 is 0 Å². The van der Waals surface area contributed by atoms with Gasteiger partial charge in [0.1, 0.15) is 17.6 Å². The highest BCUT2D eigenvalue weighted by molar-refractivity contribution is 5.97. The highest BCUT2D eigenvalue weighted by atomic mass is 16.5. The first-order valence-corrected chi connectivity index (χ1v) is 5.85. The van der Waals surface area contributed by atoms with E-state index in [1.807, 2.05) is 0 Å². The fourth-order valence-corrected chi connectivity index (χ4v) is 2.19. The van der Waals surface area contributed by atoms with Crippen molar-refractivity contribution < 1.29 is 24.5 Å². The lowest BCUT2D eigenvalue weighted by Gasteiger charge is -2.18. The summed E-state index contributed by atoms with van der Waals surface area (Å²) < 4.78 is 11.0. The molecule has 0 fully saturated rings. The Morgan fingerprint density at radius 1 is 1.53 bits per heavy atom. The molecule has 2 atom stereocenters. The number of ether oxygens (including phenoxy) is 2. The molecule has 0 radical (unpaired) electrons. The summed E-state index contributed by atoms with van der Waals surface area (Å²) in [4.78, 5) is 11.4. The Hall–Kier alpha value is -1.85. The molecule has 1 heterocycles. The molecular formula is C14H16O5. The normalized spacial score (nSPS) is 20.8. The van der Waals surface area contributed by atoms with E-state index in [0.29, 0.717) is 16.9 Å². The summed E-state index contributed by atoms with van der Waals surface area (Å²) >= 11 is 0. The van der Waals surface area contributed by atoms with E-state index in [1.54, 1.807) is 0 Å². The Bertz CT molecular complexity index is 535. The van der Waals surface area contributed by atoms with Crippen molar-refractivity contribution in [2.75, 3.05) is 13.7 Å². The van der Waals surface area contributed by atoms with Gasteiger partial charge in [0.25, 0.3) is 0 Å². The van der Waals surface area contributed by atoms with Gasteiger partial charge in [-0.15, -0.1) is 0 Å². The molecule has 2 N–H and O–H groups in total. The molecule has 0 amide bonds. The van der Waals surface area contributed by atoms with Crippen molar-refractivity contribution in [3.63, 3.8) is 0 Å². The smallest absolute Gasteiger partial charge is 0.163 e. The second-order valence-corrected chi connectivity index (χ2v) is 4.47. The quantitative estimate of drug-likeness (QED) is 0.638. The number of aliphatic hydroxyl groups is 1. The third-order valence-electron chi connectivity index (χ3n) is 3.20. The van der Waals surface area contributed by atoms with E-state index in [1.165, 1.54) is 26.2 Å². The van der Waals surface area contributed by atoms with Crippen LogP contribution in [0.15, 0.2) is 24.3 Å². The maximum atomic E-state index is 11.4. The van der Waals surface area contributed by atoms with Crippen LogP contribution in [0.1, 0.15) is 28.9 Å². The summed E-state index contributed by atoms with van der Waals surface area (Å²) in [7, 11) is 1.51. The van der Waals surface area contributed by atoms with Crippen LogP contribution in [0.5, 0.6) is 11.5 Å². The van der Waals surface area contributed by atoms with Crippen LogP contribution in [0, 0.1) is 0 Å².